The third-order valence-corrected chi connectivity index (χ3v) is 6.43. The fraction of sp³-hybridized carbons (Fsp3) is 0.238. The molecule has 0 unspecified atom stereocenters. The smallest absolute Gasteiger partial charge is 0.294 e. The van der Waals surface area contributed by atoms with Crippen LogP contribution in [0.2, 0.25) is 10.0 Å². The Morgan fingerprint density at radius 3 is 2.48 bits per heavy atom. The third-order valence-electron chi connectivity index (χ3n) is 5.09. The third kappa shape index (κ3) is 4.25. The van der Waals surface area contributed by atoms with E-state index in [1.54, 1.807) is 13.0 Å². The molecule has 0 bridgehead atoms. The number of carbonyl (C=O) groups excluding carboxylic acids is 1. The first-order chi connectivity index (χ1) is 15.8. The first-order valence-corrected chi connectivity index (χ1v) is 11.8. The van der Waals surface area contributed by atoms with Gasteiger partial charge in [-0.3, -0.25) is 9.79 Å². The van der Waals surface area contributed by atoms with Crippen LogP contribution in [0, 0.1) is 11.6 Å². The van der Waals surface area contributed by atoms with E-state index in [-0.39, 0.29) is 38.6 Å². The number of hydrogen-bond acceptors (Lipinski definition) is 6. The molecule has 12 heteroatoms. The van der Waals surface area contributed by atoms with Gasteiger partial charge in [-0.1, -0.05) is 29.3 Å². The Labute approximate surface area is 209 Å². The van der Waals surface area contributed by atoms with Gasteiger partial charge in [0.15, 0.2) is 5.82 Å². The molecular weight excluding hydrogens is 511 g/mol. The van der Waals surface area contributed by atoms with Gasteiger partial charge < -0.3 is 4.90 Å². The highest BCUT2D eigenvalue weighted by Gasteiger charge is 2.32. The average molecular weight is 528 g/mol. The van der Waals surface area contributed by atoms with Crippen molar-refractivity contribution in [3.8, 4) is 5.69 Å². The van der Waals surface area contributed by atoms with Crippen molar-refractivity contribution in [2.24, 2.45) is 4.99 Å². The summed E-state index contributed by atoms with van der Waals surface area (Å²) >= 11 is 21.1. The number of thiol groups is 2. The molecule has 1 aliphatic rings. The highest BCUT2D eigenvalue weighted by molar-refractivity contribution is 7.80. The number of carbonyl (C=O) groups is 1. The Morgan fingerprint density at radius 1 is 1.15 bits per heavy atom. The van der Waals surface area contributed by atoms with E-state index in [1.807, 2.05) is 0 Å². The minimum Gasteiger partial charge on any atom is -0.326 e. The Bertz CT molecular complexity index is 1260. The lowest BCUT2D eigenvalue weighted by atomic mass is 9.99. The van der Waals surface area contributed by atoms with Gasteiger partial charge in [0.1, 0.15) is 17.7 Å². The van der Waals surface area contributed by atoms with Crippen molar-refractivity contribution >= 4 is 60.1 Å². The van der Waals surface area contributed by atoms with E-state index in [2.05, 4.69) is 40.3 Å². The molecule has 0 saturated carbocycles. The standard InChI is InChI=1S/C21H17Cl2F2N5OS2/c1-10-20-27-19(21(31)29(9-33)7-8-32)28-30(20)14-6-5-11(22)17(23)16(14)18(26-10)15-12(24)3-2-4-13(15)25/h2-6,10,32-33H,7-9H2,1H3/t10-/m0/s1. The molecule has 3 aromatic rings. The second-order valence-electron chi connectivity index (χ2n) is 7.14. The second-order valence-corrected chi connectivity index (χ2v) is 8.66. The van der Waals surface area contributed by atoms with E-state index in [4.69, 9.17) is 23.2 Å². The Kier molecular flexibility index (Phi) is 6.99. The van der Waals surface area contributed by atoms with Crippen molar-refractivity contribution in [1.29, 1.82) is 0 Å². The van der Waals surface area contributed by atoms with Crippen LogP contribution < -0.4 is 0 Å². The van der Waals surface area contributed by atoms with Crippen molar-refractivity contribution in [2.75, 3.05) is 18.2 Å². The quantitative estimate of drug-likeness (QED) is 0.361. The van der Waals surface area contributed by atoms with Crippen molar-refractivity contribution < 1.29 is 13.6 Å². The fourth-order valence-corrected chi connectivity index (χ4v) is 4.45. The second kappa shape index (κ2) is 9.61. The summed E-state index contributed by atoms with van der Waals surface area (Å²) in [6.07, 6.45) is 0. The number of rotatable bonds is 5. The summed E-state index contributed by atoms with van der Waals surface area (Å²) in [7, 11) is 0. The summed E-state index contributed by atoms with van der Waals surface area (Å²) in [5.74, 6) is -1.21. The van der Waals surface area contributed by atoms with Crippen LogP contribution >= 0.6 is 48.5 Å². The molecule has 33 heavy (non-hydrogen) atoms. The largest absolute Gasteiger partial charge is 0.326 e. The molecule has 0 fully saturated rings. The topological polar surface area (TPSA) is 63.4 Å². The van der Waals surface area contributed by atoms with E-state index < -0.39 is 23.6 Å². The molecule has 0 N–H and O–H groups in total. The van der Waals surface area contributed by atoms with Crippen molar-refractivity contribution in [3.63, 3.8) is 0 Å². The van der Waals surface area contributed by atoms with Gasteiger partial charge in [-0.2, -0.15) is 25.3 Å². The summed E-state index contributed by atoms with van der Waals surface area (Å²) < 4.78 is 30.9. The van der Waals surface area contributed by atoms with Crippen LogP contribution in [0.4, 0.5) is 8.78 Å². The zero-order chi connectivity index (χ0) is 23.9. The highest BCUT2D eigenvalue weighted by Crippen LogP contribution is 2.37. The molecule has 2 aromatic carbocycles. The van der Waals surface area contributed by atoms with E-state index >= 15 is 0 Å². The van der Waals surface area contributed by atoms with Crippen LogP contribution in [0.3, 0.4) is 0 Å². The summed E-state index contributed by atoms with van der Waals surface area (Å²) in [6.45, 7) is 2.04. The van der Waals surface area contributed by atoms with Crippen molar-refractivity contribution in [2.45, 2.75) is 13.0 Å². The number of halogens is 4. The number of fused-ring (bicyclic) bond motifs is 3. The molecule has 4 rings (SSSR count). The molecule has 1 atom stereocenters. The summed E-state index contributed by atoms with van der Waals surface area (Å²) in [5.41, 5.74) is 0.159. The van der Waals surface area contributed by atoms with Gasteiger partial charge in [-0.05, 0) is 31.2 Å². The normalized spacial score (nSPS) is 14.9. The van der Waals surface area contributed by atoms with Gasteiger partial charge in [-0.25, -0.2) is 18.4 Å². The first-order valence-electron chi connectivity index (χ1n) is 9.77. The Hall–Kier alpha value is -2.14. The molecule has 0 radical (unpaired) electrons. The Balaban J connectivity index is 1.96. The van der Waals surface area contributed by atoms with Crippen LogP contribution in [0.15, 0.2) is 35.3 Å². The van der Waals surface area contributed by atoms with Gasteiger partial charge in [0.2, 0.25) is 5.82 Å². The summed E-state index contributed by atoms with van der Waals surface area (Å²) in [4.78, 5) is 23.3. The van der Waals surface area contributed by atoms with E-state index in [1.165, 1.54) is 21.7 Å². The van der Waals surface area contributed by atoms with Crippen LogP contribution in [-0.2, 0) is 0 Å². The van der Waals surface area contributed by atoms with E-state index in [0.717, 1.165) is 12.1 Å². The lowest BCUT2D eigenvalue weighted by Crippen LogP contribution is -2.32. The predicted octanol–water partition coefficient (Wildman–Crippen LogP) is 5.02. The average Bonchev–Trinajstić information content (AvgIpc) is 3.19. The SMILES string of the molecule is C[C@@H]1N=C(c2c(F)cccc2F)c2c(ccc(Cl)c2Cl)-n2nc(C(=O)N(CS)CCS)nc21. The fourth-order valence-electron chi connectivity index (χ4n) is 3.53. The van der Waals surface area contributed by atoms with Crippen LogP contribution in [0.5, 0.6) is 0 Å². The molecule has 6 nitrogen and oxygen atoms in total. The Morgan fingerprint density at radius 2 is 1.85 bits per heavy atom. The number of benzene rings is 2. The van der Waals surface area contributed by atoms with Crippen LogP contribution in [0.1, 0.15) is 40.5 Å². The predicted molar refractivity (Wildman–Crippen MR) is 131 cm³/mol. The molecule has 1 aliphatic heterocycles. The number of nitrogens with zero attached hydrogens (tertiary/aromatic N) is 5. The lowest BCUT2D eigenvalue weighted by molar-refractivity contribution is 0.0784. The zero-order valence-electron chi connectivity index (χ0n) is 17.1. The van der Waals surface area contributed by atoms with Crippen LogP contribution in [-0.4, -0.2) is 49.5 Å². The minimum atomic E-state index is -0.803. The zero-order valence-corrected chi connectivity index (χ0v) is 20.4. The number of aliphatic imine (C=N–C) groups is 1. The van der Waals surface area contributed by atoms with E-state index in [9.17, 15) is 13.6 Å². The first kappa shape index (κ1) is 24.0. The van der Waals surface area contributed by atoms with Gasteiger partial charge >= 0.3 is 0 Å². The van der Waals surface area contributed by atoms with Crippen LogP contribution in [0.25, 0.3) is 5.69 Å². The minimum absolute atomic E-state index is 0.0205. The van der Waals surface area contributed by atoms with Crippen molar-refractivity contribution in [3.05, 3.63) is 74.8 Å². The van der Waals surface area contributed by atoms with E-state index in [0.29, 0.717) is 23.8 Å². The summed E-state index contributed by atoms with van der Waals surface area (Å²) in [6, 6.07) is 5.93. The highest BCUT2D eigenvalue weighted by atomic mass is 35.5. The molecule has 0 aliphatic carbocycles. The van der Waals surface area contributed by atoms with Gasteiger partial charge in [-0.15, -0.1) is 5.10 Å². The van der Waals surface area contributed by atoms with Gasteiger partial charge in [0, 0.05) is 17.9 Å². The number of aromatic nitrogens is 3. The number of amides is 1. The molecule has 1 aromatic heterocycles. The number of hydrogen-bond donors (Lipinski definition) is 2. The molecule has 2 heterocycles. The lowest BCUT2D eigenvalue weighted by Gasteiger charge is -2.17. The molecule has 0 spiro atoms. The van der Waals surface area contributed by atoms with Crippen molar-refractivity contribution in [1.82, 2.24) is 19.7 Å². The molecule has 1 amide bonds. The maximum atomic E-state index is 14.7. The van der Waals surface area contributed by atoms with Gasteiger partial charge in [0.05, 0.1) is 32.9 Å². The molecular formula is C21H17Cl2F2N5OS2. The summed E-state index contributed by atoms with van der Waals surface area (Å²) in [5, 5.41) is 4.61. The van der Waals surface area contributed by atoms with Gasteiger partial charge in [0.25, 0.3) is 5.91 Å². The maximum Gasteiger partial charge on any atom is 0.294 e. The monoisotopic (exact) mass is 527 g/mol. The molecule has 172 valence electrons. The molecule has 0 saturated heterocycles. The maximum absolute atomic E-state index is 14.7.